The number of thiophene rings is 1. The predicted octanol–water partition coefficient (Wildman–Crippen LogP) is 2.42. The lowest BCUT2D eigenvalue weighted by atomic mass is 10.3. The molecule has 0 fully saturated rings. The number of amides is 1. The van der Waals surface area contributed by atoms with Crippen LogP contribution < -0.4 is 15.8 Å². The van der Waals surface area contributed by atoms with E-state index in [0.29, 0.717) is 25.3 Å². The molecular formula is C14H16N2O2S. The second kappa shape index (κ2) is 6.80. The van der Waals surface area contributed by atoms with E-state index >= 15 is 0 Å². The van der Waals surface area contributed by atoms with Gasteiger partial charge in [0.05, 0.1) is 13.0 Å². The first-order chi connectivity index (χ1) is 9.24. The van der Waals surface area contributed by atoms with Gasteiger partial charge in [0.2, 0.25) is 5.91 Å². The molecule has 2 aromatic rings. The molecule has 0 atom stereocenters. The molecule has 1 heterocycles. The molecule has 3 N–H and O–H groups in total. The number of hydrogen-bond donors (Lipinski definition) is 2. The van der Waals surface area contributed by atoms with Gasteiger partial charge in [0.15, 0.2) is 0 Å². The Bertz CT molecular complexity index is 509. The van der Waals surface area contributed by atoms with Gasteiger partial charge in [-0.3, -0.25) is 4.79 Å². The van der Waals surface area contributed by atoms with Gasteiger partial charge < -0.3 is 15.8 Å². The molecule has 1 aromatic heterocycles. The van der Waals surface area contributed by atoms with Crippen LogP contribution in [0.1, 0.15) is 12.0 Å². The van der Waals surface area contributed by atoms with E-state index in [2.05, 4.69) is 5.32 Å². The van der Waals surface area contributed by atoms with Gasteiger partial charge in [0.25, 0.3) is 0 Å². The number of nitrogens with one attached hydrogen (secondary N) is 1. The van der Waals surface area contributed by atoms with Gasteiger partial charge in [-0.05, 0) is 46.7 Å². The summed E-state index contributed by atoms with van der Waals surface area (Å²) in [5.74, 6) is 0.710. The molecule has 0 aliphatic heterocycles. The minimum absolute atomic E-state index is 0.0124. The number of hydrogen-bond acceptors (Lipinski definition) is 4. The number of carbonyl (C=O) groups excluding carboxylic acids is 1. The van der Waals surface area contributed by atoms with Crippen LogP contribution >= 0.6 is 11.3 Å². The molecule has 0 spiro atoms. The largest absolute Gasteiger partial charge is 0.493 e. The van der Waals surface area contributed by atoms with Gasteiger partial charge in [-0.25, -0.2) is 0 Å². The first-order valence-electron chi connectivity index (χ1n) is 6.00. The maximum Gasteiger partial charge on any atom is 0.223 e. The van der Waals surface area contributed by atoms with Crippen molar-refractivity contribution in [2.24, 2.45) is 0 Å². The standard InChI is InChI=1S/C14H16N2O2S/c15-12-1-3-13(4-2-12)18-7-5-14(17)16-9-11-6-8-19-10-11/h1-4,6,8,10H,5,7,9,15H2,(H,16,17). The summed E-state index contributed by atoms with van der Waals surface area (Å²) in [7, 11) is 0. The zero-order valence-electron chi connectivity index (χ0n) is 10.5. The van der Waals surface area contributed by atoms with Crippen LogP contribution in [0.2, 0.25) is 0 Å². The summed E-state index contributed by atoms with van der Waals surface area (Å²) in [6, 6.07) is 9.12. The van der Waals surface area contributed by atoms with Crippen molar-refractivity contribution in [3.63, 3.8) is 0 Å². The lowest BCUT2D eigenvalue weighted by Crippen LogP contribution is -2.24. The Labute approximate surface area is 116 Å². The van der Waals surface area contributed by atoms with E-state index in [4.69, 9.17) is 10.5 Å². The number of rotatable bonds is 6. The second-order valence-electron chi connectivity index (χ2n) is 4.08. The van der Waals surface area contributed by atoms with Crippen LogP contribution in [0.25, 0.3) is 0 Å². The van der Waals surface area contributed by atoms with E-state index < -0.39 is 0 Å². The van der Waals surface area contributed by atoms with Gasteiger partial charge in [-0.1, -0.05) is 0 Å². The maximum absolute atomic E-state index is 11.6. The monoisotopic (exact) mass is 276 g/mol. The highest BCUT2D eigenvalue weighted by molar-refractivity contribution is 7.07. The van der Waals surface area contributed by atoms with Crippen LogP contribution in [-0.2, 0) is 11.3 Å². The normalized spacial score (nSPS) is 10.1. The molecule has 19 heavy (non-hydrogen) atoms. The third-order valence-electron chi connectivity index (χ3n) is 2.55. The number of ether oxygens (including phenoxy) is 1. The molecule has 100 valence electrons. The van der Waals surface area contributed by atoms with Crippen LogP contribution in [0, 0.1) is 0 Å². The van der Waals surface area contributed by atoms with E-state index in [1.807, 2.05) is 16.8 Å². The second-order valence-corrected chi connectivity index (χ2v) is 4.86. The highest BCUT2D eigenvalue weighted by Crippen LogP contribution is 2.13. The Morgan fingerprint density at radius 1 is 1.26 bits per heavy atom. The first kappa shape index (κ1) is 13.4. The number of carbonyl (C=O) groups is 1. The summed E-state index contributed by atoms with van der Waals surface area (Å²) in [4.78, 5) is 11.6. The quantitative estimate of drug-likeness (QED) is 0.796. The van der Waals surface area contributed by atoms with Crippen LogP contribution in [0.4, 0.5) is 5.69 Å². The van der Waals surface area contributed by atoms with E-state index in [9.17, 15) is 4.79 Å². The van der Waals surface area contributed by atoms with Crippen LogP contribution in [0.3, 0.4) is 0 Å². The molecule has 4 nitrogen and oxygen atoms in total. The molecule has 0 saturated carbocycles. The minimum atomic E-state index is -0.0124. The van der Waals surface area contributed by atoms with E-state index in [1.54, 1.807) is 35.6 Å². The average Bonchev–Trinajstić information content (AvgIpc) is 2.92. The third-order valence-corrected chi connectivity index (χ3v) is 3.28. The molecule has 0 bridgehead atoms. The van der Waals surface area contributed by atoms with E-state index in [1.165, 1.54) is 0 Å². The molecule has 0 aliphatic carbocycles. The van der Waals surface area contributed by atoms with Crippen molar-refractivity contribution >= 4 is 22.9 Å². The molecule has 0 aliphatic rings. The topological polar surface area (TPSA) is 64.3 Å². The summed E-state index contributed by atoms with van der Waals surface area (Å²) in [6.07, 6.45) is 0.342. The fourth-order valence-electron chi connectivity index (χ4n) is 1.51. The lowest BCUT2D eigenvalue weighted by molar-refractivity contribution is -0.121. The first-order valence-corrected chi connectivity index (χ1v) is 6.94. The summed E-state index contributed by atoms with van der Waals surface area (Å²) >= 11 is 1.62. The van der Waals surface area contributed by atoms with Gasteiger partial charge in [0, 0.05) is 12.2 Å². The van der Waals surface area contributed by atoms with Crippen molar-refractivity contribution in [2.75, 3.05) is 12.3 Å². The Morgan fingerprint density at radius 2 is 2.05 bits per heavy atom. The molecule has 0 radical (unpaired) electrons. The lowest BCUT2D eigenvalue weighted by Gasteiger charge is -2.07. The zero-order valence-corrected chi connectivity index (χ0v) is 11.3. The third kappa shape index (κ3) is 4.63. The average molecular weight is 276 g/mol. The minimum Gasteiger partial charge on any atom is -0.493 e. The van der Waals surface area contributed by atoms with Gasteiger partial charge in [-0.15, -0.1) is 0 Å². The maximum atomic E-state index is 11.6. The Kier molecular flexibility index (Phi) is 4.80. The molecule has 5 heteroatoms. The highest BCUT2D eigenvalue weighted by Gasteiger charge is 2.02. The van der Waals surface area contributed by atoms with E-state index in [-0.39, 0.29) is 5.91 Å². The van der Waals surface area contributed by atoms with Crippen molar-refractivity contribution in [1.29, 1.82) is 0 Å². The van der Waals surface area contributed by atoms with Crippen molar-refractivity contribution in [3.05, 3.63) is 46.7 Å². The van der Waals surface area contributed by atoms with Crippen LogP contribution in [0.15, 0.2) is 41.1 Å². The molecule has 0 saturated heterocycles. The van der Waals surface area contributed by atoms with Crippen molar-refractivity contribution in [3.8, 4) is 5.75 Å². The number of nitrogens with two attached hydrogens (primary N) is 1. The number of nitrogen functional groups attached to an aromatic ring is 1. The van der Waals surface area contributed by atoms with Crippen molar-refractivity contribution < 1.29 is 9.53 Å². The fourth-order valence-corrected chi connectivity index (χ4v) is 2.18. The summed E-state index contributed by atoms with van der Waals surface area (Å²) in [5, 5.41) is 6.86. The smallest absolute Gasteiger partial charge is 0.223 e. The van der Waals surface area contributed by atoms with Crippen LogP contribution in [0.5, 0.6) is 5.75 Å². The Balaban J connectivity index is 1.65. The Morgan fingerprint density at radius 3 is 2.74 bits per heavy atom. The summed E-state index contributed by atoms with van der Waals surface area (Å²) in [6.45, 7) is 0.934. The molecule has 2 rings (SSSR count). The predicted molar refractivity (Wildman–Crippen MR) is 77.1 cm³/mol. The molecule has 1 aromatic carbocycles. The van der Waals surface area contributed by atoms with Gasteiger partial charge in [-0.2, -0.15) is 11.3 Å². The SMILES string of the molecule is Nc1ccc(OCCC(=O)NCc2ccsc2)cc1. The summed E-state index contributed by atoms with van der Waals surface area (Å²) in [5.41, 5.74) is 7.39. The van der Waals surface area contributed by atoms with Gasteiger partial charge in [0.1, 0.15) is 5.75 Å². The van der Waals surface area contributed by atoms with E-state index in [0.717, 1.165) is 11.3 Å². The van der Waals surface area contributed by atoms with Crippen LogP contribution in [-0.4, -0.2) is 12.5 Å². The highest BCUT2D eigenvalue weighted by atomic mass is 32.1. The number of benzene rings is 1. The molecular weight excluding hydrogens is 260 g/mol. The zero-order chi connectivity index (χ0) is 13.5. The Hall–Kier alpha value is -2.01. The van der Waals surface area contributed by atoms with Crippen molar-refractivity contribution in [1.82, 2.24) is 5.32 Å². The number of anilines is 1. The molecule has 0 unspecified atom stereocenters. The van der Waals surface area contributed by atoms with Gasteiger partial charge >= 0.3 is 0 Å². The fraction of sp³-hybridized carbons (Fsp3) is 0.214. The molecule has 1 amide bonds. The van der Waals surface area contributed by atoms with Crippen molar-refractivity contribution in [2.45, 2.75) is 13.0 Å². The summed E-state index contributed by atoms with van der Waals surface area (Å²) < 4.78 is 5.45.